The maximum absolute atomic E-state index is 12.9. The molecule has 2 aliphatic heterocycles. The van der Waals surface area contributed by atoms with Gasteiger partial charge in [-0.05, 0) is 23.8 Å². The van der Waals surface area contributed by atoms with Gasteiger partial charge in [-0.15, -0.1) is 12.4 Å². The van der Waals surface area contributed by atoms with Crippen LogP contribution < -0.4 is 0 Å². The Bertz CT molecular complexity index is 1040. The highest BCUT2D eigenvalue weighted by Gasteiger charge is 2.28. The van der Waals surface area contributed by atoms with Gasteiger partial charge in [0.2, 0.25) is 0 Å². The normalized spacial score (nSPS) is 17.9. The van der Waals surface area contributed by atoms with Crippen LogP contribution in [0, 0.1) is 0 Å². The van der Waals surface area contributed by atoms with E-state index in [4.69, 9.17) is 0 Å². The largest absolute Gasteiger partial charge is 0.336 e. The van der Waals surface area contributed by atoms with Crippen LogP contribution in [0.1, 0.15) is 21.5 Å². The molecular weight excluding hydrogens is 408 g/mol. The summed E-state index contributed by atoms with van der Waals surface area (Å²) in [5, 5.41) is 1.17. The zero-order chi connectivity index (χ0) is 19.6. The topological polar surface area (TPSA) is 57.7 Å². The third-order valence-corrected chi connectivity index (χ3v) is 6.61. The molecule has 0 unspecified atom stereocenters. The molecule has 2 aliphatic rings. The van der Waals surface area contributed by atoms with Crippen LogP contribution in [-0.4, -0.2) is 56.8 Å². The average Bonchev–Trinajstić information content (AvgIpc) is 3.04. The van der Waals surface area contributed by atoms with Crippen LogP contribution in [0.5, 0.6) is 0 Å². The first-order valence-electron chi connectivity index (χ1n) is 9.34. The van der Waals surface area contributed by atoms with Crippen LogP contribution in [0.25, 0.3) is 12.2 Å². The van der Waals surface area contributed by atoms with Gasteiger partial charge in [0.15, 0.2) is 9.84 Å². The number of nitrogens with zero attached hydrogens (tertiary/aromatic N) is 2. The highest BCUT2D eigenvalue weighted by atomic mass is 35.5. The third kappa shape index (κ3) is 4.61. The number of hydrogen-bond donors (Lipinski definition) is 0. The van der Waals surface area contributed by atoms with Gasteiger partial charge in [0.25, 0.3) is 5.91 Å². The molecule has 2 aromatic carbocycles. The van der Waals surface area contributed by atoms with E-state index in [2.05, 4.69) is 29.2 Å². The van der Waals surface area contributed by atoms with Crippen LogP contribution in [-0.2, 0) is 9.84 Å². The molecule has 0 N–H and O–H groups in total. The summed E-state index contributed by atoms with van der Waals surface area (Å²) in [7, 11) is -3.40. The molecule has 2 aromatic rings. The Kier molecular flexibility index (Phi) is 6.57. The molecule has 0 atom stereocenters. The minimum Gasteiger partial charge on any atom is -0.336 e. The number of sulfone groups is 1. The first-order chi connectivity index (χ1) is 13.5. The third-order valence-electron chi connectivity index (χ3n) is 5.15. The summed E-state index contributed by atoms with van der Waals surface area (Å²) in [5.74, 6) is -0.0990. The summed E-state index contributed by atoms with van der Waals surface area (Å²) in [6.07, 6.45) is 5.78. The van der Waals surface area contributed by atoms with Crippen molar-refractivity contribution in [3.8, 4) is 0 Å². The minimum atomic E-state index is -3.40. The molecular formula is C22H23ClN2O3S. The summed E-state index contributed by atoms with van der Waals surface area (Å²) < 4.78 is 24.1. The molecule has 0 spiro atoms. The van der Waals surface area contributed by atoms with E-state index < -0.39 is 9.84 Å². The number of fused-ring (bicyclic) bond motifs is 1. The predicted octanol–water partition coefficient (Wildman–Crippen LogP) is 3.34. The Morgan fingerprint density at radius 1 is 0.966 bits per heavy atom. The molecule has 0 aromatic heterocycles. The summed E-state index contributed by atoms with van der Waals surface area (Å²) in [5.41, 5.74) is 2.16. The van der Waals surface area contributed by atoms with E-state index >= 15 is 0 Å². The molecule has 0 radical (unpaired) electrons. The minimum absolute atomic E-state index is 0. The van der Waals surface area contributed by atoms with Gasteiger partial charge in [-0.1, -0.05) is 48.6 Å². The summed E-state index contributed by atoms with van der Waals surface area (Å²) in [6.45, 7) is 3.72. The molecule has 2 heterocycles. The maximum Gasteiger partial charge on any atom is 0.254 e. The van der Waals surface area contributed by atoms with E-state index in [0.29, 0.717) is 24.2 Å². The van der Waals surface area contributed by atoms with Gasteiger partial charge >= 0.3 is 0 Å². The molecule has 152 valence electrons. The molecule has 1 saturated heterocycles. The second kappa shape index (κ2) is 8.95. The van der Waals surface area contributed by atoms with Crippen molar-refractivity contribution in [2.45, 2.75) is 4.90 Å². The maximum atomic E-state index is 12.9. The first-order valence-corrected chi connectivity index (χ1v) is 10.9. The number of hydrogen-bond acceptors (Lipinski definition) is 4. The van der Waals surface area contributed by atoms with Crippen molar-refractivity contribution < 1.29 is 13.2 Å². The van der Waals surface area contributed by atoms with Crippen molar-refractivity contribution in [1.82, 2.24) is 9.80 Å². The molecule has 29 heavy (non-hydrogen) atoms. The van der Waals surface area contributed by atoms with Crippen LogP contribution in [0.15, 0.2) is 64.9 Å². The Balaban J connectivity index is 0.00000240. The Labute approximate surface area is 177 Å². The van der Waals surface area contributed by atoms with E-state index in [1.54, 1.807) is 18.2 Å². The number of carbonyl (C=O) groups is 1. The van der Waals surface area contributed by atoms with Gasteiger partial charge < -0.3 is 4.90 Å². The lowest BCUT2D eigenvalue weighted by Crippen LogP contribution is -2.48. The lowest BCUT2D eigenvalue weighted by Gasteiger charge is -2.34. The molecule has 1 fully saturated rings. The second-order valence-corrected chi connectivity index (χ2v) is 8.77. The van der Waals surface area contributed by atoms with E-state index in [1.807, 2.05) is 23.1 Å². The number of piperazine rings is 1. The fourth-order valence-electron chi connectivity index (χ4n) is 3.59. The number of carbonyl (C=O) groups excluding carboxylic acids is 1. The van der Waals surface area contributed by atoms with Crippen molar-refractivity contribution in [2.75, 3.05) is 32.7 Å². The van der Waals surface area contributed by atoms with Gasteiger partial charge in [0, 0.05) is 49.3 Å². The van der Waals surface area contributed by atoms with Crippen LogP contribution in [0.4, 0.5) is 0 Å². The number of amides is 1. The SMILES string of the molecule is Cl.O=C(c1cccc2c1C=CS2(=O)=O)N1CCN(C/C=C/c2ccccc2)CC1. The number of rotatable bonds is 4. The quantitative estimate of drug-likeness (QED) is 0.746. The fourth-order valence-corrected chi connectivity index (χ4v) is 4.80. The average molecular weight is 431 g/mol. The van der Waals surface area contributed by atoms with Crippen molar-refractivity contribution in [1.29, 1.82) is 0 Å². The molecule has 1 amide bonds. The molecule has 4 rings (SSSR count). The number of benzene rings is 2. The van der Waals surface area contributed by atoms with E-state index in [1.165, 1.54) is 17.0 Å². The van der Waals surface area contributed by atoms with Crippen LogP contribution in [0.3, 0.4) is 0 Å². The molecule has 7 heteroatoms. The van der Waals surface area contributed by atoms with Gasteiger partial charge in [0.05, 0.1) is 4.90 Å². The van der Waals surface area contributed by atoms with Gasteiger partial charge in [0.1, 0.15) is 0 Å². The summed E-state index contributed by atoms with van der Waals surface area (Å²) >= 11 is 0. The highest BCUT2D eigenvalue weighted by Crippen LogP contribution is 2.30. The second-order valence-electron chi connectivity index (χ2n) is 6.97. The Hall–Kier alpha value is -2.41. The summed E-state index contributed by atoms with van der Waals surface area (Å²) in [6, 6.07) is 15.1. The number of halogens is 1. The smallest absolute Gasteiger partial charge is 0.254 e. The lowest BCUT2D eigenvalue weighted by molar-refractivity contribution is 0.0650. The van der Waals surface area contributed by atoms with Crippen LogP contribution in [0.2, 0.25) is 0 Å². The van der Waals surface area contributed by atoms with E-state index in [9.17, 15) is 13.2 Å². The molecule has 0 saturated carbocycles. The van der Waals surface area contributed by atoms with Gasteiger partial charge in [-0.25, -0.2) is 8.42 Å². The van der Waals surface area contributed by atoms with E-state index in [-0.39, 0.29) is 23.2 Å². The fraction of sp³-hybridized carbons (Fsp3) is 0.227. The molecule has 5 nitrogen and oxygen atoms in total. The van der Waals surface area contributed by atoms with Crippen molar-refractivity contribution in [3.63, 3.8) is 0 Å². The highest BCUT2D eigenvalue weighted by molar-refractivity contribution is 7.94. The van der Waals surface area contributed by atoms with Crippen LogP contribution >= 0.6 is 12.4 Å². The zero-order valence-corrected chi connectivity index (χ0v) is 17.5. The predicted molar refractivity (Wildman–Crippen MR) is 118 cm³/mol. The van der Waals surface area contributed by atoms with E-state index in [0.717, 1.165) is 19.6 Å². The Morgan fingerprint density at radius 2 is 1.69 bits per heavy atom. The monoisotopic (exact) mass is 430 g/mol. The standard InChI is InChI=1S/C22H22N2O3S.ClH/c25-22(20-9-4-10-21-19(20)11-17-28(21,26)27)24-15-13-23(14-16-24)12-5-8-18-6-2-1-3-7-18;/h1-11,17H,12-16H2;1H/b8-5+;. The molecule has 0 bridgehead atoms. The first kappa shape index (κ1) is 21.3. The van der Waals surface area contributed by atoms with Crippen molar-refractivity contribution in [3.05, 3.63) is 76.7 Å². The zero-order valence-electron chi connectivity index (χ0n) is 15.9. The van der Waals surface area contributed by atoms with Crippen molar-refractivity contribution >= 4 is 40.3 Å². The van der Waals surface area contributed by atoms with Gasteiger partial charge in [-0.3, -0.25) is 9.69 Å². The molecule has 0 aliphatic carbocycles. The van der Waals surface area contributed by atoms with Crippen molar-refractivity contribution in [2.24, 2.45) is 0 Å². The Morgan fingerprint density at radius 3 is 2.41 bits per heavy atom. The lowest BCUT2D eigenvalue weighted by atomic mass is 10.1. The van der Waals surface area contributed by atoms with Gasteiger partial charge in [-0.2, -0.15) is 0 Å². The summed E-state index contributed by atoms with van der Waals surface area (Å²) in [4.78, 5) is 17.3.